The number of nitrogens with zero attached hydrogens (tertiary/aromatic N) is 2. The van der Waals surface area contributed by atoms with E-state index in [1.807, 2.05) is 32.0 Å². The maximum absolute atomic E-state index is 13.7. The summed E-state index contributed by atoms with van der Waals surface area (Å²) in [7, 11) is 0. The molecule has 0 spiro atoms. The Kier molecular flexibility index (Phi) is 7.55. The number of halogens is 1. The molecule has 3 heterocycles. The summed E-state index contributed by atoms with van der Waals surface area (Å²) in [5.74, 6) is 0.458. The predicted octanol–water partition coefficient (Wildman–Crippen LogP) is 5.63. The lowest BCUT2D eigenvalue weighted by Crippen LogP contribution is -2.40. The number of ether oxygens (including phenoxy) is 1. The fraction of sp³-hybridized carbons (Fsp3) is 0.276. The van der Waals surface area contributed by atoms with Crippen LogP contribution >= 0.6 is 11.3 Å². The first kappa shape index (κ1) is 25.7. The van der Waals surface area contributed by atoms with Crippen molar-refractivity contribution in [1.29, 1.82) is 0 Å². The summed E-state index contributed by atoms with van der Waals surface area (Å²) in [5, 5.41) is 5.28. The van der Waals surface area contributed by atoms with Gasteiger partial charge in [-0.2, -0.15) is 0 Å². The quantitative estimate of drug-likeness (QED) is 0.317. The molecule has 0 aliphatic carbocycles. The van der Waals surface area contributed by atoms with Crippen molar-refractivity contribution in [2.75, 3.05) is 13.1 Å². The van der Waals surface area contributed by atoms with E-state index in [9.17, 15) is 14.0 Å². The summed E-state index contributed by atoms with van der Waals surface area (Å²) < 4.78 is 25.2. The Labute approximate surface area is 224 Å². The third kappa shape index (κ3) is 5.62. The van der Waals surface area contributed by atoms with Gasteiger partial charge >= 0.3 is 0 Å². The van der Waals surface area contributed by atoms with Crippen molar-refractivity contribution in [3.63, 3.8) is 0 Å². The number of fused-ring (bicyclic) bond motifs is 1. The summed E-state index contributed by atoms with van der Waals surface area (Å²) in [5.41, 5.74) is 3.17. The zero-order valence-corrected chi connectivity index (χ0v) is 22.0. The maximum Gasteiger partial charge on any atom is 0.290 e. The lowest BCUT2D eigenvalue weighted by molar-refractivity contribution is 0.0661. The zero-order valence-electron chi connectivity index (χ0n) is 21.1. The molecule has 1 N–H and O–H groups in total. The second kappa shape index (κ2) is 11.2. The van der Waals surface area contributed by atoms with E-state index >= 15 is 0 Å². The van der Waals surface area contributed by atoms with Crippen molar-refractivity contribution >= 4 is 23.2 Å². The van der Waals surface area contributed by atoms with Crippen molar-refractivity contribution in [3.05, 3.63) is 105 Å². The van der Waals surface area contributed by atoms with Crippen LogP contribution in [0.2, 0.25) is 0 Å². The van der Waals surface area contributed by atoms with Gasteiger partial charge in [0.25, 0.3) is 11.8 Å². The van der Waals surface area contributed by atoms with Crippen molar-refractivity contribution in [3.8, 4) is 5.75 Å². The first-order valence-electron chi connectivity index (χ1n) is 12.5. The molecule has 0 saturated heterocycles. The van der Waals surface area contributed by atoms with E-state index in [1.54, 1.807) is 34.5 Å². The van der Waals surface area contributed by atoms with Crippen molar-refractivity contribution in [1.82, 2.24) is 15.2 Å². The van der Waals surface area contributed by atoms with Crippen LogP contribution in [0.1, 0.15) is 62.6 Å². The highest BCUT2D eigenvalue weighted by Crippen LogP contribution is 2.38. The van der Waals surface area contributed by atoms with Crippen LogP contribution in [0.25, 0.3) is 0 Å². The third-order valence-electron chi connectivity index (χ3n) is 6.34. The Balaban J connectivity index is 1.38. The lowest BCUT2D eigenvalue weighted by atomic mass is 9.87. The molecule has 1 atom stereocenters. The minimum Gasteiger partial charge on any atom is -0.486 e. The molecule has 2 aromatic heterocycles. The van der Waals surface area contributed by atoms with Crippen LogP contribution in [0.3, 0.4) is 0 Å². The van der Waals surface area contributed by atoms with Crippen molar-refractivity contribution in [2.24, 2.45) is 5.92 Å². The molecule has 4 aromatic rings. The second-order valence-corrected chi connectivity index (χ2v) is 10.5. The summed E-state index contributed by atoms with van der Waals surface area (Å²) in [4.78, 5) is 31.8. The van der Waals surface area contributed by atoms with Gasteiger partial charge in [-0.3, -0.25) is 9.59 Å². The molecule has 2 aromatic carbocycles. The normalized spacial score (nSPS) is 14.8. The molecule has 0 radical (unpaired) electrons. The number of amides is 2. The Morgan fingerprint density at radius 1 is 1.21 bits per heavy atom. The van der Waals surface area contributed by atoms with Gasteiger partial charge in [-0.25, -0.2) is 9.37 Å². The van der Waals surface area contributed by atoms with E-state index in [-0.39, 0.29) is 30.0 Å². The Hall–Kier alpha value is -3.98. The Morgan fingerprint density at radius 2 is 2.03 bits per heavy atom. The van der Waals surface area contributed by atoms with Crippen LogP contribution < -0.4 is 10.1 Å². The summed E-state index contributed by atoms with van der Waals surface area (Å²) in [6, 6.07) is 14.9. The highest BCUT2D eigenvalue weighted by Gasteiger charge is 2.34. The maximum atomic E-state index is 13.7. The Bertz CT molecular complexity index is 1420. The van der Waals surface area contributed by atoms with E-state index in [0.717, 1.165) is 16.7 Å². The molecular formula is C29H28FN3O4S. The van der Waals surface area contributed by atoms with Crippen LogP contribution in [-0.4, -0.2) is 34.8 Å². The second-order valence-electron chi connectivity index (χ2n) is 9.56. The number of carbonyl (C=O) groups excluding carboxylic acids is 2. The Morgan fingerprint density at radius 3 is 2.76 bits per heavy atom. The van der Waals surface area contributed by atoms with Gasteiger partial charge in [0.15, 0.2) is 5.76 Å². The van der Waals surface area contributed by atoms with Gasteiger partial charge in [0.05, 0.1) is 12.3 Å². The van der Waals surface area contributed by atoms with E-state index < -0.39 is 6.04 Å². The smallest absolute Gasteiger partial charge is 0.290 e. The first-order chi connectivity index (χ1) is 18.4. The number of benzene rings is 2. The topological polar surface area (TPSA) is 84.7 Å². The van der Waals surface area contributed by atoms with Crippen LogP contribution in [0.15, 0.2) is 70.7 Å². The molecule has 1 aliphatic rings. The van der Waals surface area contributed by atoms with Crippen LogP contribution in [0, 0.1) is 11.7 Å². The van der Waals surface area contributed by atoms with Crippen molar-refractivity contribution in [2.45, 2.75) is 32.9 Å². The largest absolute Gasteiger partial charge is 0.486 e. The van der Waals surface area contributed by atoms with E-state index in [0.29, 0.717) is 41.9 Å². The van der Waals surface area contributed by atoms with Gasteiger partial charge in [-0.15, -0.1) is 11.3 Å². The van der Waals surface area contributed by atoms with Gasteiger partial charge in [0, 0.05) is 18.5 Å². The van der Waals surface area contributed by atoms with E-state index in [4.69, 9.17) is 9.15 Å². The fourth-order valence-electron chi connectivity index (χ4n) is 4.46. The number of thiazole rings is 1. The SMILES string of the molecule is CC(C)CNC(=O)c1csc(COc2ccc3c(c2)[C@@H](c2ccc(F)cc2)N(C(=O)c2ccco2)CC3)n1. The number of hydrogen-bond donors (Lipinski definition) is 1. The monoisotopic (exact) mass is 533 g/mol. The van der Waals surface area contributed by atoms with Crippen LogP contribution in [0.5, 0.6) is 5.75 Å². The van der Waals surface area contributed by atoms with Gasteiger partial charge in [-0.05, 0) is 65.4 Å². The van der Waals surface area contributed by atoms with Gasteiger partial charge in [0.1, 0.15) is 28.9 Å². The highest BCUT2D eigenvalue weighted by molar-refractivity contribution is 7.09. The number of aromatic nitrogens is 1. The minimum atomic E-state index is -0.434. The lowest BCUT2D eigenvalue weighted by Gasteiger charge is -2.37. The number of nitrogens with one attached hydrogen (secondary N) is 1. The van der Waals surface area contributed by atoms with Crippen LogP contribution in [-0.2, 0) is 13.0 Å². The molecular weight excluding hydrogens is 505 g/mol. The highest BCUT2D eigenvalue weighted by atomic mass is 32.1. The van der Waals surface area contributed by atoms with E-state index in [1.165, 1.54) is 29.7 Å². The van der Waals surface area contributed by atoms with Gasteiger partial charge in [0.2, 0.25) is 0 Å². The number of hydrogen-bond acceptors (Lipinski definition) is 6. The van der Waals surface area contributed by atoms with E-state index in [2.05, 4.69) is 10.3 Å². The van der Waals surface area contributed by atoms with Gasteiger partial charge < -0.3 is 19.4 Å². The summed E-state index contributed by atoms with van der Waals surface area (Å²) >= 11 is 1.37. The molecule has 0 bridgehead atoms. The number of carbonyl (C=O) groups is 2. The zero-order chi connectivity index (χ0) is 26.6. The average Bonchev–Trinajstić information content (AvgIpc) is 3.63. The summed E-state index contributed by atoms with van der Waals surface area (Å²) in [6.07, 6.45) is 2.14. The average molecular weight is 534 g/mol. The molecule has 9 heteroatoms. The molecule has 1 aliphatic heterocycles. The fourth-order valence-corrected chi connectivity index (χ4v) is 5.15. The minimum absolute atomic E-state index is 0.196. The standard InChI is InChI=1S/C29H28FN3O4S/c1-18(2)15-31-28(34)24-17-38-26(32-24)16-37-22-10-7-19-11-12-33(29(35)25-4-3-13-36-25)27(23(19)14-22)20-5-8-21(30)9-6-20/h3-10,13-14,17-18,27H,11-12,15-16H2,1-2H3,(H,31,34)/t27-/m1/s1. The number of furan rings is 1. The molecule has 196 valence electrons. The number of rotatable bonds is 8. The summed E-state index contributed by atoms with van der Waals surface area (Å²) in [6.45, 7) is 5.36. The predicted molar refractivity (Wildman–Crippen MR) is 142 cm³/mol. The van der Waals surface area contributed by atoms with Crippen LogP contribution in [0.4, 0.5) is 4.39 Å². The van der Waals surface area contributed by atoms with Crippen molar-refractivity contribution < 1.29 is 23.1 Å². The first-order valence-corrected chi connectivity index (χ1v) is 13.3. The molecule has 0 unspecified atom stereocenters. The molecule has 5 rings (SSSR count). The van der Waals surface area contributed by atoms with Gasteiger partial charge in [-0.1, -0.05) is 32.0 Å². The molecule has 7 nitrogen and oxygen atoms in total. The molecule has 0 fully saturated rings. The molecule has 0 saturated carbocycles. The third-order valence-corrected chi connectivity index (χ3v) is 7.16. The molecule has 2 amide bonds. The molecule has 38 heavy (non-hydrogen) atoms.